The van der Waals surface area contributed by atoms with Gasteiger partial charge < -0.3 is 10.4 Å². The highest BCUT2D eigenvalue weighted by Crippen LogP contribution is 2.21. The molecule has 2 aromatic rings. The molecule has 0 aliphatic rings. The molecule has 20 heavy (non-hydrogen) atoms. The molecule has 1 heterocycles. The maximum Gasteiger partial charge on any atom is 0.339 e. The van der Waals surface area contributed by atoms with Crippen LogP contribution in [0.1, 0.15) is 15.9 Å². The molecule has 0 spiro atoms. The zero-order valence-electron chi connectivity index (χ0n) is 9.89. The number of carboxylic acid groups (broad SMARTS) is 1. The van der Waals surface area contributed by atoms with Gasteiger partial charge in [-0.25, -0.2) is 18.6 Å². The third kappa shape index (κ3) is 2.70. The summed E-state index contributed by atoms with van der Waals surface area (Å²) in [5.74, 6) is -2.94. The summed E-state index contributed by atoms with van der Waals surface area (Å²) in [5, 5.41) is 20.3. The number of nitrogens with one attached hydrogen (secondary N) is 1. The van der Waals surface area contributed by atoms with E-state index in [1.165, 1.54) is 12.1 Å². The average Bonchev–Trinajstić information content (AvgIpc) is 2.42. The van der Waals surface area contributed by atoms with Gasteiger partial charge in [-0.1, -0.05) is 0 Å². The number of hydrogen-bond donors (Lipinski definition) is 2. The van der Waals surface area contributed by atoms with Gasteiger partial charge in [-0.3, -0.25) is 0 Å². The average molecular weight is 275 g/mol. The van der Waals surface area contributed by atoms with Crippen LogP contribution in [0.15, 0.2) is 30.5 Å². The molecule has 0 fully saturated rings. The van der Waals surface area contributed by atoms with Crippen LogP contribution in [0.4, 0.5) is 20.3 Å². The van der Waals surface area contributed by atoms with Crippen LogP contribution in [0.25, 0.3) is 0 Å². The van der Waals surface area contributed by atoms with E-state index in [0.717, 1.165) is 18.3 Å². The van der Waals surface area contributed by atoms with E-state index in [-0.39, 0.29) is 22.6 Å². The number of halogens is 2. The SMILES string of the molecule is N#Cc1cc(Nc2ncc(F)cc2C(=O)O)ccc1F. The summed E-state index contributed by atoms with van der Waals surface area (Å²) < 4.78 is 26.1. The lowest BCUT2D eigenvalue weighted by Crippen LogP contribution is -2.06. The van der Waals surface area contributed by atoms with Crippen LogP contribution in [-0.4, -0.2) is 16.1 Å². The van der Waals surface area contributed by atoms with Crippen LogP contribution in [0.3, 0.4) is 0 Å². The molecule has 7 heteroatoms. The lowest BCUT2D eigenvalue weighted by molar-refractivity contribution is 0.0697. The van der Waals surface area contributed by atoms with Crippen molar-refractivity contribution >= 4 is 17.5 Å². The Labute approximate surface area is 112 Å². The minimum atomic E-state index is -1.36. The molecule has 0 amide bonds. The van der Waals surface area contributed by atoms with Crippen molar-refractivity contribution in [2.45, 2.75) is 0 Å². The predicted octanol–water partition coefficient (Wildman–Crippen LogP) is 2.67. The molecule has 2 rings (SSSR count). The van der Waals surface area contributed by atoms with E-state index < -0.39 is 17.6 Å². The minimum Gasteiger partial charge on any atom is -0.478 e. The van der Waals surface area contributed by atoms with Gasteiger partial charge in [-0.2, -0.15) is 5.26 Å². The Morgan fingerprint density at radius 3 is 2.75 bits per heavy atom. The fourth-order valence-corrected chi connectivity index (χ4v) is 1.53. The van der Waals surface area contributed by atoms with Gasteiger partial charge in [-0.15, -0.1) is 0 Å². The Morgan fingerprint density at radius 2 is 2.10 bits per heavy atom. The summed E-state index contributed by atoms with van der Waals surface area (Å²) in [5.41, 5.74) is -0.300. The van der Waals surface area contributed by atoms with Crippen molar-refractivity contribution in [3.63, 3.8) is 0 Å². The molecule has 1 aromatic carbocycles. The molecule has 0 aliphatic carbocycles. The molecule has 0 atom stereocenters. The number of benzene rings is 1. The van der Waals surface area contributed by atoms with E-state index in [9.17, 15) is 13.6 Å². The van der Waals surface area contributed by atoms with E-state index in [0.29, 0.717) is 0 Å². The zero-order chi connectivity index (χ0) is 14.7. The number of nitriles is 1. The molecule has 0 saturated heterocycles. The lowest BCUT2D eigenvalue weighted by atomic mass is 10.2. The normalized spacial score (nSPS) is 9.85. The first-order valence-electron chi connectivity index (χ1n) is 5.37. The number of anilines is 2. The maximum absolute atomic E-state index is 13.2. The van der Waals surface area contributed by atoms with Crippen molar-refractivity contribution in [1.82, 2.24) is 4.98 Å². The fraction of sp³-hybridized carbons (Fsp3) is 0. The molecule has 0 bridgehead atoms. The molecule has 0 unspecified atom stereocenters. The number of aromatic carboxylic acids is 1. The number of pyridine rings is 1. The van der Waals surface area contributed by atoms with Crippen molar-refractivity contribution in [2.75, 3.05) is 5.32 Å². The molecule has 5 nitrogen and oxygen atoms in total. The summed E-state index contributed by atoms with van der Waals surface area (Å²) in [6.45, 7) is 0. The molecule has 0 radical (unpaired) electrons. The summed E-state index contributed by atoms with van der Waals surface area (Å²) >= 11 is 0. The monoisotopic (exact) mass is 275 g/mol. The topological polar surface area (TPSA) is 86.0 Å². The van der Waals surface area contributed by atoms with Gasteiger partial charge >= 0.3 is 5.97 Å². The molecule has 1 aromatic heterocycles. The van der Waals surface area contributed by atoms with Crippen LogP contribution in [0.5, 0.6) is 0 Å². The Kier molecular flexibility index (Phi) is 3.57. The molecule has 100 valence electrons. The first-order chi connectivity index (χ1) is 9.51. The quantitative estimate of drug-likeness (QED) is 0.899. The highest BCUT2D eigenvalue weighted by Gasteiger charge is 2.13. The number of rotatable bonds is 3. The summed E-state index contributed by atoms with van der Waals surface area (Å²) in [6, 6.07) is 6.04. The van der Waals surface area contributed by atoms with Gasteiger partial charge in [0.25, 0.3) is 0 Å². The van der Waals surface area contributed by atoms with E-state index in [1.807, 2.05) is 0 Å². The van der Waals surface area contributed by atoms with Crippen LogP contribution in [0, 0.1) is 23.0 Å². The van der Waals surface area contributed by atoms with Gasteiger partial charge in [0, 0.05) is 5.69 Å². The number of aromatic nitrogens is 1. The smallest absolute Gasteiger partial charge is 0.339 e. The second kappa shape index (κ2) is 5.32. The molecule has 0 saturated carbocycles. The summed E-state index contributed by atoms with van der Waals surface area (Å²) in [6.07, 6.45) is 0.851. The molecule has 0 aliphatic heterocycles. The lowest BCUT2D eigenvalue weighted by Gasteiger charge is -2.09. The number of hydrogen-bond acceptors (Lipinski definition) is 4. The fourth-order valence-electron chi connectivity index (χ4n) is 1.53. The Hall–Kier alpha value is -3.01. The minimum absolute atomic E-state index is 0.102. The van der Waals surface area contributed by atoms with E-state index >= 15 is 0 Å². The van der Waals surface area contributed by atoms with Gasteiger partial charge in [-0.05, 0) is 24.3 Å². The van der Waals surface area contributed by atoms with E-state index in [4.69, 9.17) is 10.4 Å². The van der Waals surface area contributed by atoms with Crippen molar-refractivity contribution in [1.29, 1.82) is 5.26 Å². The standard InChI is InChI=1S/C13H7F2N3O2/c14-8-4-10(13(19)20)12(17-6-8)18-9-1-2-11(15)7(3-9)5-16/h1-4,6H,(H,17,18)(H,19,20). The third-order valence-electron chi connectivity index (χ3n) is 2.43. The Bertz CT molecular complexity index is 726. The first kappa shape index (κ1) is 13.4. The van der Waals surface area contributed by atoms with E-state index in [1.54, 1.807) is 6.07 Å². The van der Waals surface area contributed by atoms with Gasteiger partial charge in [0.05, 0.1) is 11.8 Å². The van der Waals surface area contributed by atoms with Gasteiger partial charge in [0.15, 0.2) is 0 Å². The summed E-state index contributed by atoms with van der Waals surface area (Å²) in [4.78, 5) is 14.6. The van der Waals surface area contributed by atoms with Crippen molar-refractivity contribution < 1.29 is 18.7 Å². The van der Waals surface area contributed by atoms with Crippen LogP contribution >= 0.6 is 0 Å². The van der Waals surface area contributed by atoms with Gasteiger partial charge in [0.1, 0.15) is 29.1 Å². The second-order valence-electron chi connectivity index (χ2n) is 3.79. The van der Waals surface area contributed by atoms with Gasteiger partial charge in [0.2, 0.25) is 0 Å². The zero-order valence-corrected chi connectivity index (χ0v) is 9.89. The van der Waals surface area contributed by atoms with Crippen LogP contribution < -0.4 is 5.32 Å². The largest absolute Gasteiger partial charge is 0.478 e. The second-order valence-corrected chi connectivity index (χ2v) is 3.79. The van der Waals surface area contributed by atoms with Crippen molar-refractivity contribution in [3.05, 3.63) is 53.2 Å². The Morgan fingerprint density at radius 1 is 1.35 bits per heavy atom. The molecular weight excluding hydrogens is 268 g/mol. The number of nitrogens with zero attached hydrogens (tertiary/aromatic N) is 2. The maximum atomic E-state index is 13.2. The van der Waals surface area contributed by atoms with Crippen LogP contribution in [0.2, 0.25) is 0 Å². The molecular formula is C13H7F2N3O2. The summed E-state index contributed by atoms with van der Waals surface area (Å²) in [7, 11) is 0. The predicted molar refractivity (Wildman–Crippen MR) is 65.6 cm³/mol. The van der Waals surface area contributed by atoms with Crippen molar-refractivity contribution in [2.24, 2.45) is 0 Å². The Balaban J connectivity index is 2.40. The highest BCUT2D eigenvalue weighted by molar-refractivity contribution is 5.93. The number of carboxylic acids is 1. The first-order valence-corrected chi connectivity index (χ1v) is 5.37. The molecule has 2 N–H and O–H groups in total. The van der Waals surface area contributed by atoms with Crippen molar-refractivity contribution in [3.8, 4) is 6.07 Å². The highest BCUT2D eigenvalue weighted by atomic mass is 19.1. The number of carbonyl (C=O) groups is 1. The van der Waals surface area contributed by atoms with E-state index in [2.05, 4.69) is 10.3 Å². The third-order valence-corrected chi connectivity index (χ3v) is 2.43. The van der Waals surface area contributed by atoms with Crippen LogP contribution in [-0.2, 0) is 0 Å².